The molecule has 0 unspecified atom stereocenters. The number of hydrogen-bond donors (Lipinski definition) is 1. The highest BCUT2D eigenvalue weighted by Crippen LogP contribution is 2.20. The summed E-state index contributed by atoms with van der Waals surface area (Å²) in [4.78, 5) is 27.5. The van der Waals surface area contributed by atoms with Crippen LogP contribution in [0, 0.1) is 9.49 Å². The lowest BCUT2D eigenvalue weighted by Gasteiger charge is -2.33. The Morgan fingerprint density at radius 2 is 1.76 bits per heavy atom. The van der Waals surface area contributed by atoms with Gasteiger partial charge >= 0.3 is 6.03 Å². The number of carbonyl (C=O) groups is 2. The van der Waals surface area contributed by atoms with E-state index >= 15 is 0 Å². The van der Waals surface area contributed by atoms with Gasteiger partial charge in [0.2, 0.25) is 5.91 Å². The first-order valence-electron chi connectivity index (χ1n) is 7.00. The zero-order valence-corrected chi connectivity index (χ0v) is 14.5. The summed E-state index contributed by atoms with van der Waals surface area (Å²) in [5.41, 5.74) is 0.826. The lowest BCUT2D eigenvalue weighted by molar-refractivity contribution is -0.121. The molecule has 0 atom stereocenters. The van der Waals surface area contributed by atoms with Crippen LogP contribution in [0.4, 0.5) is 10.5 Å². The van der Waals surface area contributed by atoms with Gasteiger partial charge in [0.25, 0.3) is 0 Å². The van der Waals surface area contributed by atoms with Gasteiger partial charge in [-0.3, -0.25) is 4.79 Å². The number of carbonyl (C=O) groups excluding carboxylic acids is 2. The Morgan fingerprint density at radius 1 is 1.19 bits per heavy atom. The van der Waals surface area contributed by atoms with Gasteiger partial charge in [0.1, 0.15) is 0 Å². The van der Waals surface area contributed by atoms with Crippen LogP contribution in [-0.2, 0) is 4.79 Å². The second-order valence-corrected chi connectivity index (χ2v) is 6.68. The molecule has 0 radical (unpaired) electrons. The molecule has 1 aromatic carbocycles. The quantitative estimate of drug-likeness (QED) is 0.775. The van der Waals surface area contributed by atoms with Crippen molar-refractivity contribution < 1.29 is 9.59 Å². The summed E-state index contributed by atoms with van der Waals surface area (Å²) >= 11 is 2.23. The lowest BCUT2D eigenvalue weighted by atomic mass is 9.96. The summed E-state index contributed by atoms with van der Waals surface area (Å²) in [7, 11) is 3.50. The van der Waals surface area contributed by atoms with Crippen molar-refractivity contribution in [1.82, 2.24) is 9.80 Å². The molecule has 0 bridgehead atoms. The molecular weight excluding hydrogens is 381 g/mol. The predicted molar refractivity (Wildman–Crippen MR) is 91.2 cm³/mol. The number of piperidine rings is 1. The fourth-order valence-corrected chi connectivity index (χ4v) is 2.75. The van der Waals surface area contributed by atoms with Gasteiger partial charge in [-0.05, 0) is 59.7 Å². The molecule has 1 aliphatic rings. The first-order valence-corrected chi connectivity index (χ1v) is 8.08. The van der Waals surface area contributed by atoms with Crippen LogP contribution in [-0.4, -0.2) is 48.9 Å². The van der Waals surface area contributed by atoms with Crippen molar-refractivity contribution in [2.45, 2.75) is 12.8 Å². The van der Waals surface area contributed by atoms with E-state index in [2.05, 4.69) is 27.9 Å². The minimum absolute atomic E-state index is 0.0181. The first-order chi connectivity index (χ1) is 9.97. The molecule has 0 aromatic heterocycles. The standard InChI is InChI=1S/C15H20IN3O2/c1-18(2)15(21)19-9-7-11(8-10-19)14(20)17-13-5-3-12(16)4-6-13/h3-6,11H,7-10H2,1-2H3,(H,17,20). The van der Waals surface area contributed by atoms with Crippen molar-refractivity contribution in [3.8, 4) is 0 Å². The van der Waals surface area contributed by atoms with Gasteiger partial charge in [0.05, 0.1) is 0 Å². The number of nitrogens with zero attached hydrogens (tertiary/aromatic N) is 2. The molecule has 5 nitrogen and oxygen atoms in total. The highest BCUT2D eigenvalue weighted by molar-refractivity contribution is 14.1. The third-order valence-corrected chi connectivity index (χ3v) is 4.35. The topological polar surface area (TPSA) is 52.7 Å². The zero-order valence-electron chi connectivity index (χ0n) is 12.3. The van der Waals surface area contributed by atoms with E-state index in [9.17, 15) is 9.59 Å². The van der Waals surface area contributed by atoms with Gasteiger partial charge < -0.3 is 15.1 Å². The molecular formula is C15H20IN3O2. The Kier molecular flexibility index (Phi) is 5.44. The number of urea groups is 1. The molecule has 1 aromatic rings. The maximum absolute atomic E-state index is 12.2. The number of rotatable bonds is 2. The van der Waals surface area contributed by atoms with Crippen LogP contribution in [0.3, 0.4) is 0 Å². The second-order valence-electron chi connectivity index (χ2n) is 5.43. The van der Waals surface area contributed by atoms with E-state index in [1.165, 1.54) is 0 Å². The van der Waals surface area contributed by atoms with Crippen LogP contribution in [0.1, 0.15) is 12.8 Å². The van der Waals surface area contributed by atoms with Crippen LogP contribution in [0.5, 0.6) is 0 Å². The molecule has 1 N–H and O–H groups in total. The van der Waals surface area contributed by atoms with E-state index in [0.717, 1.165) is 22.1 Å². The highest BCUT2D eigenvalue weighted by Gasteiger charge is 2.27. The summed E-state index contributed by atoms with van der Waals surface area (Å²) in [5.74, 6) is 0.0312. The normalized spacial score (nSPS) is 15.7. The lowest BCUT2D eigenvalue weighted by Crippen LogP contribution is -2.45. The molecule has 0 aliphatic carbocycles. The fourth-order valence-electron chi connectivity index (χ4n) is 2.39. The van der Waals surface area contributed by atoms with Crippen molar-refractivity contribution in [3.05, 3.63) is 27.8 Å². The van der Waals surface area contributed by atoms with Crippen LogP contribution < -0.4 is 5.32 Å². The van der Waals surface area contributed by atoms with E-state index < -0.39 is 0 Å². The van der Waals surface area contributed by atoms with E-state index in [4.69, 9.17) is 0 Å². The Hall–Kier alpha value is -1.31. The summed E-state index contributed by atoms with van der Waals surface area (Å²) in [6.07, 6.45) is 1.44. The van der Waals surface area contributed by atoms with E-state index in [-0.39, 0.29) is 17.9 Å². The fraction of sp³-hybridized carbons (Fsp3) is 0.467. The largest absolute Gasteiger partial charge is 0.331 e. The molecule has 6 heteroatoms. The van der Waals surface area contributed by atoms with Crippen LogP contribution >= 0.6 is 22.6 Å². The number of hydrogen-bond acceptors (Lipinski definition) is 2. The molecule has 1 fully saturated rings. The molecule has 114 valence electrons. The van der Waals surface area contributed by atoms with Crippen LogP contribution in [0.25, 0.3) is 0 Å². The number of benzene rings is 1. The third kappa shape index (κ3) is 4.33. The summed E-state index contributed by atoms with van der Waals surface area (Å²) in [6.45, 7) is 1.28. The molecule has 21 heavy (non-hydrogen) atoms. The van der Waals surface area contributed by atoms with Gasteiger partial charge in [-0.15, -0.1) is 0 Å². The Labute approximate surface area is 138 Å². The third-order valence-electron chi connectivity index (χ3n) is 3.63. The maximum Gasteiger partial charge on any atom is 0.319 e. The van der Waals surface area contributed by atoms with E-state index in [1.54, 1.807) is 23.9 Å². The molecule has 2 rings (SSSR count). The minimum atomic E-state index is -0.0181. The zero-order chi connectivity index (χ0) is 15.4. The van der Waals surface area contributed by atoms with Crippen molar-refractivity contribution in [2.24, 2.45) is 5.92 Å². The van der Waals surface area contributed by atoms with E-state index in [1.807, 2.05) is 24.3 Å². The van der Waals surface area contributed by atoms with Crippen molar-refractivity contribution in [2.75, 3.05) is 32.5 Å². The van der Waals surface area contributed by atoms with Crippen molar-refractivity contribution >= 4 is 40.2 Å². The Balaban J connectivity index is 1.86. The number of likely N-dealkylation sites (tertiary alicyclic amines) is 1. The number of amides is 3. The number of anilines is 1. The average Bonchev–Trinajstić information content (AvgIpc) is 2.49. The van der Waals surface area contributed by atoms with Crippen LogP contribution in [0.2, 0.25) is 0 Å². The van der Waals surface area contributed by atoms with Gasteiger partial charge in [-0.2, -0.15) is 0 Å². The molecule has 0 saturated carbocycles. The van der Waals surface area contributed by atoms with Gasteiger partial charge in [-0.1, -0.05) is 0 Å². The highest BCUT2D eigenvalue weighted by atomic mass is 127. The second kappa shape index (κ2) is 7.11. The molecule has 1 aliphatic heterocycles. The molecule has 0 spiro atoms. The predicted octanol–water partition coefficient (Wildman–Crippen LogP) is 2.62. The molecule has 1 heterocycles. The summed E-state index contributed by atoms with van der Waals surface area (Å²) < 4.78 is 1.14. The molecule has 1 saturated heterocycles. The Morgan fingerprint density at radius 3 is 2.29 bits per heavy atom. The summed E-state index contributed by atoms with van der Waals surface area (Å²) in [5, 5.41) is 2.95. The summed E-state index contributed by atoms with van der Waals surface area (Å²) in [6, 6.07) is 7.77. The monoisotopic (exact) mass is 401 g/mol. The SMILES string of the molecule is CN(C)C(=O)N1CCC(C(=O)Nc2ccc(I)cc2)CC1. The smallest absolute Gasteiger partial charge is 0.319 e. The van der Waals surface area contributed by atoms with Gasteiger partial charge in [-0.25, -0.2) is 4.79 Å². The van der Waals surface area contributed by atoms with Crippen LogP contribution in [0.15, 0.2) is 24.3 Å². The first kappa shape index (κ1) is 16.1. The maximum atomic E-state index is 12.2. The van der Waals surface area contributed by atoms with Gasteiger partial charge in [0.15, 0.2) is 0 Å². The molecule has 3 amide bonds. The van der Waals surface area contributed by atoms with Gasteiger partial charge in [0, 0.05) is 42.4 Å². The number of halogens is 1. The Bertz CT molecular complexity index is 508. The van der Waals surface area contributed by atoms with Crippen molar-refractivity contribution in [3.63, 3.8) is 0 Å². The van der Waals surface area contributed by atoms with Crippen molar-refractivity contribution in [1.29, 1.82) is 0 Å². The average molecular weight is 401 g/mol. The number of nitrogens with one attached hydrogen (secondary N) is 1. The van der Waals surface area contributed by atoms with E-state index in [0.29, 0.717) is 13.1 Å². The minimum Gasteiger partial charge on any atom is -0.331 e.